The molecule has 0 saturated carbocycles. The Balaban J connectivity index is 1.64. The van der Waals surface area contributed by atoms with Gasteiger partial charge < -0.3 is 15.2 Å². The molecule has 3 rings (SSSR count). The number of carboxylic acid groups (broad SMARTS) is 1. The molecule has 0 radical (unpaired) electrons. The zero-order valence-electron chi connectivity index (χ0n) is 20.1. The van der Waals surface area contributed by atoms with Gasteiger partial charge in [0, 0.05) is 24.0 Å². The van der Waals surface area contributed by atoms with Crippen LogP contribution in [0.5, 0.6) is 5.75 Å². The SMILES string of the molecule is C[C@H](CC(=O)c1cc(-c2ccccc2F)n[nH]1)C(=O)N[C@@H](CC(=O)O)C(=O)COc1c(F)c(F)cc(F)c1F. The lowest BCUT2D eigenvalue weighted by atomic mass is 10.00. The summed E-state index contributed by atoms with van der Waals surface area (Å²) >= 11 is 0. The van der Waals surface area contributed by atoms with Crippen molar-refractivity contribution < 1.29 is 51.0 Å². The zero-order valence-corrected chi connectivity index (χ0v) is 20.1. The average molecular weight is 553 g/mol. The molecule has 9 nitrogen and oxygen atoms in total. The van der Waals surface area contributed by atoms with Crippen molar-refractivity contribution in [3.63, 3.8) is 0 Å². The molecule has 0 aliphatic rings. The number of nitrogens with one attached hydrogen (secondary N) is 2. The molecule has 1 amide bonds. The van der Waals surface area contributed by atoms with E-state index in [0.717, 1.165) is 0 Å². The molecule has 0 bridgehead atoms. The summed E-state index contributed by atoms with van der Waals surface area (Å²) in [6, 6.07) is 5.16. The number of Topliss-reactive ketones (excluding diaryl/α,β-unsaturated/α-hetero) is 2. The smallest absolute Gasteiger partial charge is 0.305 e. The van der Waals surface area contributed by atoms with Crippen LogP contribution in [0.15, 0.2) is 36.4 Å². The third-order valence-electron chi connectivity index (χ3n) is 5.48. The fourth-order valence-corrected chi connectivity index (χ4v) is 3.41. The fraction of sp³-hybridized carbons (Fsp3) is 0.240. The lowest BCUT2D eigenvalue weighted by molar-refractivity contribution is -0.140. The molecular weight excluding hydrogens is 533 g/mol. The van der Waals surface area contributed by atoms with Gasteiger partial charge in [-0.2, -0.15) is 13.9 Å². The third-order valence-corrected chi connectivity index (χ3v) is 5.48. The highest BCUT2D eigenvalue weighted by Crippen LogP contribution is 2.26. The number of H-pyrrole nitrogens is 1. The Morgan fingerprint density at radius 1 is 0.974 bits per heavy atom. The van der Waals surface area contributed by atoms with Crippen LogP contribution in [0, 0.1) is 35.0 Å². The first kappa shape index (κ1) is 28.9. The molecule has 39 heavy (non-hydrogen) atoms. The fourth-order valence-electron chi connectivity index (χ4n) is 3.41. The number of ether oxygens (including phenoxy) is 1. The summed E-state index contributed by atoms with van der Waals surface area (Å²) in [5, 5.41) is 17.5. The van der Waals surface area contributed by atoms with Crippen molar-refractivity contribution >= 4 is 23.4 Å². The Labute approximate surface area is 217 Å². The van der Waals surface area contributed by atoms with Crippen molar-refractivity contribution in [3.8, 4) is 17.0 Å². The molecule has 2 aromatic carbocycles. The van der Waals surface area contributed by atoms with Crippen LogP contribution in [0.25, 0.3) is 11.3 Å². The maximum Gasteiger partial charge on any atom is 0.305 e. The molecule has 0 unspecified atom stereocenters. The van der Waals surface area contributed by atoms with Gasteiger partial charge in [0.1, 0.15) is 24.2 Å². The molecule has 0 fully saturated rings. The summed E-state index contributed by atoms with van der Waals surface area (Å²) in [4.78, 5) is 48.9. The zero-order chi connectivity index (χ0) is 28.9. The van der Waals surface area contributed by atoms with Gasteiger partial charge in [-0.3, -0.25) is 24.3 Å². The van der Waals surface area contributed by atoms with Crippen LogP contribution in [-0.4, -0.2) is 51.4 Å². The molecule has 1 aromatic heterocycles. The van der Waals surface area contributed by atoms with Gasteiger partial charge in [0.05, 0.1) is 12.1 Å². The summed E-state index contributed by atoms with van der Waals surface area (Å²) in [6.07, 6.45) is -1.39. The predicted molar refractivity (Wildman–Crippen MR) is 123 cm³/mol. The maximum atomic E-state index is 14.0. The first-order valence-corrected chi connectivity index (χ1v) is 11.2. The summed E-state index contributed by atoms with van der Waals surface area (Å²) in [5.74, 6) is -14.9. The number of halogens is 5. The Hall–Kier alpha value is -4.62. The lowest BCUT2D eigenvalue weighted by Crippen LogP contribution is -2.46. The van der Waals surface area contributed by atoms with Gasteiger partial charge in [-0.15, -0.1) is 0 Å². The van der Waals surface area contributed by atoms with Crippen molar-refractivity contribution in [3.05, 3.63) is 71.2 Å². The van der Waals surface area contributed by atoms with E-state index in [0.29, 0.717) is 0 Å². The van der Waals surface area contributed by atoms with Crippen LogP contribution in [-0.2, 0) is 14.4 Å². The van der Waals surface area contributed by atoms with Crippen LogP contribution in [0.4, 0.5) is 22.0 Å². The molecule has 206 valence electrons. The minimum Gasteiger partial charge on any atom is -0.481 e. The first-order valence-electron chi connectivity index (χ1n) is 11.2. The maximum absolute atomic E-state index is 14.0. The van der Waals surface area contributed by atoms with E-state index in [4.69, 9.17) is 5.11 Å². The minimum absolute atomic E-state index is 0.0363. The number of carboxylic acids is 1. The number of rotatable bonds is 12. The number of amides is 1. The van der Waals surface area contributed by atoms with Gasteiger partial charge in [0.2, 0.25) is 17.5 Å². The van der Waals surface area contributed by atoms with Crippen LogP contribution < -0.4 is 10.1 Å². The van der Waals surface area contributed by atoms with Gasteiger partial charge in [0.15, 0.2) is 29.0 Å². The van der Waals surface area contributed by atoms with Crippen molar-refractivity contribution in [1.82, 2.24) is 15.5 Å². The van der Waals surface area contributed by atoms with Crippen molar-refractivity contribution in [1.29, 1.82) is 0 Å². The van der Waals surface area contributed by atoms with Crippen LogP contribution >= 0.6 is 0 Å². The molecule has 0 saturated heterocycles. The average Bonchev–Trinajstić information content (AvgIpc) is 3.37. The van der Waals surface area contributed by atoms with E-state index in [2.05, 4.69) is 20.3 Å². The highest BCUT2D eigenvalue weighted by molar-refractivity contribution is 5.99. The summed E-state index contributed by atoms with van der Waals surface area (Å²) < 4.78 is 72.7. The van der Waals surface area contributed by atoms with Gasteiger partial charge in [-0.05, 0) is 18.2 Å². The largest absolute Gasteiger partial charge is 0.481 e. The van der Waals surface area contributed by atoms with E-state index in [1.807, 2.05) is 0 Å². The van der Waals surface area contributed by atoms with Crippen molar-refractivity contribution in [2.45, 2.75) is 25.8 Å². The summed E-state index contributed by atoms with van der Waals surface area (Å²) in [6.45, 7) is 0.0652. The number of benzene rings is 2. The number of carbonyl (C=O) groups is 4. The van der Waals surface area contributed by atoms with Crippen LogP contribution in [0.2, 0.25) is 0 Å². The summed E-state index contributed by atoms with van der Waals surface area (Å²) in [5.41, 5.74) is 0.245. The number of carbonyl (C=O) groups excluding carboxylic acids is 3. The summed E-state index contributed by atoms with van der Waals surface area (Å²) in [7, 11) is 0. The highest BCUT2D eigenvalue weighted by Gasteiger charge is 2.29. The van der Waals surface area contributed by atoms with Gasteiger partial charge in [0.25, 0.3) is 0 Å². The first-order chi connectivity index (χ1) is 18.4. The Kier molecular flexibility index (Phi) is 9.12. The topological polar surface area (TPSA) is 138 Å². The third kappa shape index (κ3) is 7.03. The predicted octanol–water partition coefficient (Wildman–Crippen LogP) is 3.59. The number of ketones is 2. The van der Waals surface area contributed by atoms with E-state index in [-0.39, 0.29) is 23.0 Å². The van der Waals surface area contributed by atoms with E-state index < -0.39 is 89.7 Å². The molecule has 2 atom stereocenters. The van der Waals surface area contributed by atoms with Gasteiger partial charge in [-0.1, -0.05) is 19.1 Å². The van der Waals surface area contributed by atoms with Crippen molar-refractivity contribution in [2.75, 3.05) is 6.61 Å². The molecular formula is C25H20F5N3O6. The van der Waals surface area contributed by atoms with E-state index in [9.17, 15) is 41.1 Å². The number of hydrogen-bond donors (Lipinski definition) is 3. The Bertz CT molecular complexity index is 1400. The quantitative estimate of drug-likeness (QED) is 0.177. The molecule has 3 N–H and O–H groups in total. The second-order valence-corrected chi connectivity index (χ2v) is 8.39. The van der Waals surface area contributed by atoms with E-state index in [1.165, 1.54) is 31.2 Å². The van der Waals surface area contributed by atoms with Crippen LogP contribution in [0.3, 0.4) is 0 Å². The number of aliphatic carboxylic acids is 1. The molecule has 0 spiro atoms. The second kappa shape index (κ2) is 12.3. The molecule has 0 aliphatic carbocycles. The van der Waals surface area contributed by atoms with Gasteiger partial charge in [-0.25, -0.2) is 13.2 Å². The van der Waals surface area contributed by atoms with Crippen molar-refractivity contribution in [2.24, 2.45) is 5.92 Å². The number of aromatic amines is 1. The molecule has 3 aromatic rings. The molecule has 14 heteroatoms. The second-order valence-electron chi connectivity index (χ2n) is 8.39. The molecule has 1 heterocycles. The van der Waals surface area contributed by atoms with E-state index >= 15 is 0 Å². The Morgan fingerprint density at radius 3 is 2.23 bits per heavy atom. The normalized spacial score (nSPS) is 12.5. The molecule has 0 aliphatic heterocycles. The standard InChI is InChI=1S/C25H20F5N3O6/c1-11(6-19(34)18-8-16(32-33-18)12-4-2-3-5-13(12)26)25(38)31-17(9-21(36)37)20(35)10-39-24-22(29)14(27)7-15(28)23(24)30/h2-5,7-8,11,17H,6,9-10H2,1H3,(H,31,38)(H,32,33)(H,36,37)/t11-,17+/m1/s1. The number of hydrogen-bond acceptors (Lipinski definition) is 6. The monoisotopic (exact) mass is 553 g/mol. The lowest BCUT2D eigenvalue weighted by Gasteiger charge is -2.19. The Morgan fingerprint density at radius 2 is 1.62 bits per heavy atom. The number of aromatic nitrogens is 2. The minimum atomic E-state index is -1.91. The van der Waals surface area contributed by atoms with E-state index in [1.54, 1.807) is 6.07 Å². The van der Waals surface area contributed by atoms with Gasteiger partial charge >= 0.3 is 5.97 Å². The number of nitrogens with zero attached hydrogens (tertiary/aromatic N) is 1. The van der Waals surface area contributed by atoms with Crippen LogP contribution in [0.1, 0.15) is 30.3 Å². The highest BCUT2D eigenvalue weighted by atomic mass is 19.2.